The maximum Gasteiger partial charge on any atom is 0.240 e. The minimum atomic E-state index is 0.147. The molecule has 2 aromatic rings. The van der Waals surface area contributed by atoms with Crippen molar-refractivity contribution >= 4 is 11.6 Å². The Labute approximate surface area is 148 Å². The number of anilines is 1. The van der Waals surface area contributed by atoms with Crippen molar-refractivity contribution in [2.24, 2.45) is 0 Å². The molecule has 2 aromatic carbocycles. The van der Waals surface area contributed by atoms with Crippen LogP contribution in [0.2, 0.25) is 0 Å². The fourth-order valence-corrected chi connectivity index (χ4v) is 3.85. The molecule has 2 aliphatic heterocycles. The molecule has 4 nitrogen and oxygen atoms in total. The summed E-state index contributed by atoms with van der Waals surface area (Å²) in [6.07, 6.45) is 2.98. The van der Waals surface area contributed by atoms with Gasteiger partial charge in [0, 0.05) is 30.3 Å². The molecule has 2 heterocycles. The predicted molar refractivity (Wildman–Crippen MR) is 99.2 cm³/mol. The van der Waals surface area contributed by atoms with E-state index in [2.05, 4.69) is 36.5 Å². The second-order valence-corrected chi connectivity index (χ2v) is 6.89. The summed E-state index contributed by atoms with van der Waals surface area (Å²) in [6, 6.07) is 14.6. The van der Waals surface area contributed by atoms with Crippen molar-refractivity contribution in [2.75, 3.05) is 24.6 Å². The van der Waals surface area contributed by atoms with Gasteiger partial charge in [0.25, 0.3) is 0 Å². The Morgan fingerprint density at radius 1 is 1.28 bits per heavy atom. The van der Waals surface area contributed by atoms with Crippen LogP contribution in [0.5, 0.6) is 5.75 Å². The Balaban J connectivity index is 1.46. The molecule has 4 heteroatoms. The number of para-hydroxylation sites is 1. The first-order valence-electron chi connectivity index (χ1n) is 9.07. The largest absolute Gasteiger partial charge is 0.493 e. The normalized spacial score (nSPS) is 18.9. The fraction of sp³-hybridized carbons (Fsp3) is 0.381. The van der Waals surface area contributed by atoms with Crippen LogP contribution in [0.25, 0.3) is 0 Å². The summed E-state index contributed by atoms with van der Waals surface area (Å²) in [4.78, 5) is 14.8. The minimum Gasteiger partial charge on any atom is -0.493 e. The van der Waals surface area contributed by atoms with Crippen molar-refractivity contribution in [1.82, 2.24) is 5.32 Å². The highest BCUT2D eigenvalue weighted by Crippen LogP contribution is 2.32. The Morgan fingerprint density at radius 3 is 3.08 bits per heavy atom. The van der Waals surface area contributed by atoms with Crippen molar-refractivity contribution in [2.45, 2.75) is 32.2 Å². The summed E-state index contributed by atoms with van der Waals surface area (Å²) >= 11 is 0. The number of ether oxygens (including phenoxy) is 1. The van der Waals surface area contributed by atoms with Crippen LogP contribution < -0.4 is 15.0 Å². The number of nitrogens with one attached hydrogen (secondary N) is 1. The van der Waals surface area contributed by atoms with Crippen molar-refractivity contribution in [3.05, 3.63) is 59.2 Å². The van der Waals surface area contributed by atoms with Crippen LogP contribution >= 0.6 is 0 Å². The molecule has 4 rings (SSSR count). The molecule has 25 heavy (non-hydrogen) atoms. The zero-order valence-electron chi connectivity index (χ0n) is 14.6. The van der Waals surface area contributed by atoms with E-state index < -0.39 is 0 Å². The number of aryl methyl sites for hydroxylation is 2. The molecule has 1 N–H and O–H groups in total. The van der Waals surface area contributed by atoms with Crippen molar-refractivity contribution in [3.63, 3.8) is 0 Å². The molecule has 0 saturated carbocycles. The Kier molecular flexibility index (Phi) is 4.45. The molecule has 0 saturated heterocycles. The summed E-state index contributed by atoms with van der Waals surface area (Å²) in [7, 11) is 0. The highest BCUT2D eigenvalue weighted by Gasteiger charge is 2.25. The van der Waals surface area contributed by atoms with E-state index in [1.807, 2.05) is 23.1 Å². The Bertz CT molecular complexity index is 787. The molecule has 1 amide bonds. The molecular formula is C21H24N2O2. The molecule has 0 unspecified atom stereocenters. The quantitative estimate of drug-likeness (QED) is 0.934. The molecule has 2 aliphatic rings. The lowest BCUT2D eigenvalue weighted by Gasteiger charge is -2.31. The third-order valence-electron chi connectivity index (χ3n) is 5.11. The number of carbonyl (C=O) groups excluding carboxylic acids is 1. The minimum absolute atomic E-state index is 0.147. The van der Waals surface area contributed by atoms with E-state index in [-0.39, 0.29) is 11.9 Å². The Morgan fingerprint density at radius 2 is 2.16 bits per heavy atom. The van der Waals surface area contributed by atoms with E-state index in [1.54, 1.807) is 0 Å². The van der Waals surface area contributed by atoms with Gasteiger partial charge in [-0.2, -0.15) is 0 Å². The second kappa shape index (κ2) is 6.89. The zero-order valence-corrected chi connectivity index (χ0v) is 14.6. The van der Waals surface area contributed by atoms with Crippen molar-refractivity contribution in [3.8, 4) is 5.75 Å². The van der Waals surface area contributed by atoms with E-state index in [9.17, 15) is 4.79 Å². The number of nitrogens with zero attached hydrogens (tertiary/aromatic N) is 1. The highest BCUT2D eigenvalue weighted by molar-refractivity contribution is 5.96. The van der Waals surface area contributed by atoms with Crippen LogP contribution in [-0.2, 0) is 11.2 Å². The van der Waals surface area contributed by atoms with Gasteiger partial charge in [0.15, 0.2) is 0 Å². The molecule has 0 aliphatic carbocycles. The maximum atomic E-state index is 12.8. The van der Waals surface area contributed by atoms with Crippen LogP contribution in [0.3, 0.4) is 0 Å². The van der Waals surface area contributed by atoms with Gasteiger partial charge in [-0.1, -0.05) is 35.9 Å². The maximum absolute atomic E-state index is 12.8. The van der Waals surface area contributed by atoms with Crippen molar-refractivity contribution in [1.29, 1.82) is 0 Å². The fourth-order valence-electron chi connectivity index (χ4n) is 3.85. The molecule has 0 spiro atoms. The van der Waals surface area contributed by atoms with Gasteiger partial charge in [0.1, 0.15) is 5.75 Å². The van der Waals surface area contributed by atoms with Crippen LogP contribution in [0.4, 0.5) is 5.69 Å². The third kappa shape index (κ3) is 3.27. The smallest absolute Gasteiger partial charge is 0.240 e. The monoisotopic (exact) mass is 336 g/mol. The van der Waals surface area contributed by atoms with Gasteiger partial charge in [0.05, 0.1) is 13.2 Å². The summed E-state index contributed by atoms with van der Waals surface area (Å²) in [5.41, 5.74) is 4.77. The van der Waals surface area contributed by atoms with Gasteiger partial charge in [0.2, 0.25) is 5.91 Å². The molecular weight excluding hydrogens is 312 g/mol. The van der Waals surface area contributed by atoms with Gasteiger partial charge in [-0.25, -0.2) is 0 Å². The standard InChI is InChI=1S/C21H24N2O2/c1-15-8-9-19-16(13-15)5-4-11-23(19)21(24)14-22-18-10-12-25-20-7-3-2-6-17(18)20/h2-3,6-9,13,18,22H,4-5,10-12,14H2,1H3/t18-/m0/s1. The molecule has 0 radical (unpaired) electrons. The Hall–Kier alpha value is -2.33. The zero-order chi connectivity index (χ0) is 17.2. The van der Waals surface area contributed by atoms with E-state index in [1.165, 1.54) is 11.1 Å². The summed E-state index contributed by atoms with van der Waals surface area (Å²) in [6.45, 7) is 3.95. The first-order valence-corrected chi connectivity index (χ1v) is 9.07. The highest BCUT2D eigenvalue weighted by atomic mass is 16.5. The second-order valence-electron chi connectivity index (χ2n) is 6.89. The number of amides is 1. The first kappa shape index (κ1) is 16.2. The lowest BCUT2D eigenvalue weighted by molar-refractivity contribution is -0.118. The van der Waals surface area contributed by atoms with E-state index in [4.69, 9.17) is 4.74 Å². The van der Waals surface area contributed by atoms with Crippen molar-refractivity contribution < 1.29 is 9.53 Å². The van der Waals surface area contributed by atoms with E-state index in [0.717, 1.165) is 42.8 Å². The van der Waals surface area contributed by atoms with Gasteiger partial charge in [-0.05, 0) is 37.5 Å². The molecule has 0 aromatic heterocycles. The van der Waals surface area contributed by atoms with Gasteiger partial charge < -0.3 is 15.0 Å². The SMILES string of the molecule is Cc1ccc2c(c1)CCCN2C(=O)CN[C@H]1CCOc2ccccc21. The average Bonchev–Trinajstić information content (AvgIpc) is 2.65. The van der Waals surface area contributed by atoms with E-state index in [0.29, 0.717) is 13.2 Å². The van der Waals surface area contributed by atoms with Crippen LogP contribution in [0, 0.1) is 6.92 Å². The number of carbonyl (C=O) groups is 1. The molecule has 0 fully saturated rings. The van der Waals surface area contributed by atoms with Gasteiger partial charge >= 0.3 is 0 Å². The number of hydrogen-bond acceptors (Lipinski definition) is 3. The average molecular weight is 336 g/mol. The lowest BCUT2D eigenvalue weighted by Crippen LogP contribution is -2.42. The topological polar surface area (TPSA) is 41.6 Å². The third-order valence-corrected chi connectivity index (χ3v) is 5.11. The van der Waals surface area contributed by atoms with E-state index >= 15 is 0 Å². The summed E-state index contributed by atoms with van der Waals surface area (Å²) in [5, 5.41) is 3.45. The van der Waals surface area contributed by atoms with Gasteiger partial charge in [-0.15, -0.1) is 0 Å². The molecule has 130 valence electrons. The number of fused-ring (bicyclic) bond motifs is 2. The summed E-state index contributed by atoms with van der Waals surface area (Å²) < 4.78 is 5.70. The van der Waals surface area contributed by atoms with Crippen LogP contribution in [-0.4, -0.2) is 25.6 Å². The molecule has 1 atom stereocenters. The lowest BCUT2D eigenvalue weighted by atomic mass is 9.99. The number of rotatable bonds is 3. The van der Waals surface area contributed by atoms with Crippen LogP contribution in [0.15, 0.2) is 42.5 Å². The van der Waals surface area contributed by atoms with Crippen LogP contribution in [0.1, 0.15) is 35.6 Å². The number of benzene rings is 2. The van der Waals surface area contributed by atoms with Gasteiger partial charge in [-0.3, -0.25) is 4.79 Å². The number of hydrogen-bond donors (Lipinski definition) is 1. The summed E-state index contributed by atoms with van der Waals surface area (Å²) in [5.74, 6) is 1.08. The first-order chi connectivity index (χ1) is 12.2. The molecule has 0 bridgehead atoms. The predicted octanol–water partition coefficient (Wildman–Crippen LogP) is 3.39.